The number of nitrogens with zero attached hydrogens (tertiary/aromatic N) is 7. The SMILES string of the molecule is CC(C)n1nccc1C1CCn2c(=O)c3ccc(-c4cnc(N5CCOCC5)nc4)cc3n21. The Morgan fingerprint density at radius 3 is 2.58 bits per heavy atom. The maximum atomic E-state index is 13.1. The van der Waals surface area contributed by atoms with Gasteiger partial charge in [0.1, 0.15) is 0 Å². The molecule has 3 aromatic heterocycles. The number of morpholine rings is 1. The number of hydrogen-bond acceptors (Lipinski definition) is 6. The molecular weight excluding hydrogens is 418 g/mol. The monoisotopic (exact) mass is 445 g/mol. The zero-order chi connectivity index (χ0) is 22.5. The summed E-state index contributed by atoms with van der Waals surface area (Å²) in [4.78, 5) is 24.4. The standard InChI is InChI=1S/C24H27N7O2/c1-16(2)30-20(5-7-27-30)21-6-8-29-23(32)19-4-3-17(13-22(19)31(21)29)18-14-25-24(26-15-18)28-9-11-33-12-10-28/h3-5,7,13-16,21H,6,8-12H2,1-2H3. The number of fused-ring (bicyclic) bond motifs is 3. The van der Waals surface area contributed by atoms with Gasteiger partial charge < -0.3 is 9.64 Å². The molecule has 33 heavy (non-hydrogen) atoms. The van der Waals surface area contributed by atoms with Crippen LogP contribution in [0.2, 0.25) is 0 Å². The lowest BCUT2D eigenvalue weighted by Crippen LogP contribution is -2.37. The molecule has 5 heterocycles. The second kappa shape index (κ2) is 7.84. The summed E-state index contributed by atoms with van der Waals surface area (Å²) in [5.41, 5.74) is 4.07. The molecule has 2 aliphatic rings. The smallest absolute Gasteiger partial charge is 0.274 e. The quantitative estimate of drug-likeness (QED) is 0.480. The first-order valence-corrected chi connectivity index (χ1v) is 11.6. The number of ether oxygens (including phenoxy) is 1. The van der Waals surface area contributed by atoms with Crippen molar-refractivity contribution in [2.24, 2.45) is 0 Å². The third-order valence-electron chi connectivity index (χ3n) is 6.68. The van der Waals surface area contributed by atoms with E-state index in [1.54, 1.807) is 0 Å². The molecule has 0 N–H and O–H groups in total. The first-order chi connectivity index (χ1) is 16.1. The average molecular weight is 446 g/mol. The number of aromatic nitrogens is 6. The van der Waals surface area contributed by atoms with E-state index in [1.807, 2.05) is 35.4 Å². The number of benzene rings is 1. The molecule has 0 spiro atoms. The van der Waals surface area contributed by atoms with E-state index in [4.69, 9.17) is 4.74 Å². The van der Waals surface area contributed by atoms with E-state index in [9.17, 15) is 4.79 Å². The molecule has 170 valence electrons. The summed E-state index contributed by atoms with van der Waals surface area (Å²) in [5.74, 6) is 0.728. The van der Waals surface area contributed by atoms with E-state index in [-0.39, 0.29) is 17.6 Å². The van der Waals surface area contributed by atoms with E-state index in [0.717, 1.165) is 53.2 Å². The normalized spacial score (nSPS) is 18.4. The van der Waals surface area contributed by atoms with Crippen LogP contribution in [0.15, 0.2) is 47.7 Å². The summed E-state index contributed by atoms with van der Waals surface area (Å²) in [7, 11) is 0. The zero-order valence-corrected chi connectivity index (χ0v) is 18.9. The fraction of sp³-hybridized carbons (Fsp3) is 0.417. The second-order valence-electron chi connectivity index (χ2n) is 8.97. The van der Waals surface area contributed by atoms with E-state index >= 15 is 0 Å². The molecule has 1 saturated heterocycles. The maximum Gasteiger partial charge on any atom is 0.274 e. The van der Waals surface area contributed by atoms with Crippen molar-refractivity contribution in [1.29, 1.82) is 0 Å². The number of anilines is 1. The summed E-state index contributed by atoms with van der Waals surface area (Å²) >= 11 is 0. The molecule has 0 aliphatic carbocycles. The van der Waals surface area contributed by atoms with Crippen molar-refractivity contribution in [3.8, 4) is 11.1 Å². The summed E-state index contributed by atoms with van der Waals surface area (Å²) in [6.07, 6.45) is 6.46. The third kappa shape index (κ3) is 3.26. The van der Waals surface area contributed by atoms with Gasteiger partial charge in [-0.15, -0.1) is 0 Å². The maximum absolute atomic E-state index is 13.1. The predicted molar refractivity (Wildman–Crippen MR) is 126 cm³/mol. The van der Waals surface area contributed by atoms with Crippen LogP contribution in [-0.4, -0.2) is 55.4 Å². The van der Waals surface area contributed by atoms with Gasteiger partial charge in [0.2, 0.25) is 5.95 Å². The summed E-state index contributed by atoms with van der Waals surface area (Å²) in [5, 5.41) is 5.26. The van der Waals surface area contributed by atoms with Crippen molar-refractivity contribution in [2.45, 2.75) is 38.9 Å². The average Bonchev–Trinajstić information content (AvgIpc) is 3.56. The molecule has 1 fully saturated rings. The fourth-order valence-corrected chi connectivity index (χ4v) is 5.05. The summed E-state index contributed by atoms with van der Waals surface area (Å²) in [6.45, 7) is 7.98. The summed E-state index contributed by atoms with van der Waals surface area (Å²) in [6, 6.07) is 8.41. The molecule has 0 amide bonds. The molecule has 1 aromatic carbocycles. The first-order valence-electron chi connectivity index (χ1n) is 11.6. The highest BCUT2D eigenvalue weighted by Gasteiger charge is 2.30. The molecule has 6 rings (SSSR count). The number of hydrogen-bond donors (Lipinski definition) is 0. The van der Waals surface area contributed by atoms with Gasteiger partial charge in [-0.1, -0.05) is 6.07 Å². The lowest BCUT2D eigenvalue weighted by atomic mass is 10.1. The second-order valence-corrected chi connectivity index (χ2v) is 8.97. The van der Waals surface area contributed by atoms with Crippen LogP contribution >= 0.6 is 0 Å². The molecule has 0 radical (unpaired) electrons. The van der Waals surface area contributed by atoms with E-state index in [0.29, 0.717) is 19.8 Å². The highest BCUT2D eigenvalue weighted by Crippen LogP contribution is 2.33. The molecule has 9 heteroatoms. The topological polar surface area (TPSA) is 83.0 Å². The van der Waals surface area contributed by atoms with Crippen LogP contribution in [0.25, 0.3) is 22.0 Å². The van der Waals surface area contributed by atoms with Gasteiger partial charge in [-0.3, -0.25) is 14.2 Å². The minimum atomic E-state index is 0.0635. The molecule has 4 aromatic rings. The minimum Gasteiger partial charge on any atom is -0.378 e. The van der Waals surface area contributed by atoms with E-state index in [2.05, 4.69) is 55.3 Å². The number of rotatable bonds is 4. The van der Waals surface area contributed by atoms with E-state index < -0.39 is 0 Å². The molecule has 1 atom stereocenters. The Morgan fingerprint density at radius 1 is 1.03 bits per heavy atom. The Morgan fingerprint density at radius 2 is 1.82 bits per heavy atom. The molecule has 1 unspecified atom stereocenters. The van der Waals surface area contributed by atoms with Crippen LogP contribution in [0, 0.1) is 0 Å². The molecule has 0 bridgehead atoms. The summed E-state index contributed by atoms with van der Waals surface area (Å²) < 4.78 is 11.5. The highest BCUT2D eigenvalue weighted by atomic mass is 16.5. The van der Waals surface area contributed by atoms with Gasteiger partial charge in [0, 0.05) is 49.8 Å². The van der Waals surface area contributed by atoms with Crippen LogP contribution in [0.1, 0.15) is 38.0 Å². The lowest BCUT2D eigenvalue weighted by Gasteiger charge is -2.26. The van der Waals surface area contributed by atoms with Crippen LogP contribution < -0.4 is 10.5 Å². The van der Waals surface area contributed by atoms with Crippen LogP contribution in [0.5, 0.6) is 0 Å². The van der Waals surface area contributed by atoms with Gasteiger partial charge in [-0.05, 0) is 44.0 Å². The first kappa shape index (κ1) is 20.2. The van der Waals surface area contributed by atoms with Gasteiger partial charge in [-0.2, -0.15) is 5.10 Å². The van der Waals surface area contributed by atoms with Crippen molar-refractivity contribution in [1.82, 2.24) is 29.1 Å². The van der Waals surface area contributed by atoms with Gasteiger partial charge >= 0.3 is 0 Å². The minimum absolute atomic E-state index is 0.0635. The zero-order valence-electron chi connectivity index (χ0n) is 18.9. The Balaban J connectivity index is 1.40. The molecule has 2 aliphatic heterocycles. The van der Waals surface area contributed by atoms with Crippen molar-refractivity contribution in [2.75, 3.05) is 31.2 Å². The van der Waals surface area contributed by atoms with Crippen LogP contribution in [0.4, 0.5) is 5.95 Å². The Labute approximate surface area is 191 Å². The predicted octanol–water partition coefficient (Wildman–Crippen LogP) is 2.87. The van der Waals surface area contributed by atoms with Gasteiger partial charge in [0.25, 0.3) is 5.56 Å². The van der Waals surface area contributed by atoms with Crippen LogP contribution in [0.3, 0.4) is 0 Å². The molecular formula is C24H27N7O2. The van der Waals surface area contributed by atoms with Crippen molar-refractivity contribution in [3.63, 3.8) is 0 Å². The van der Waals surface area contributed by atoms with Crippen LogP contribution in [-0.2, 0) is 11.3 Å². The Bertz CT molecular complexity index is 1360. The van der Waals surface area contributed by atoms with Crippen molar-refractivity contribution < 1.29 is 4.74 Å². The molecule has 0 saturated carbocycles. The lowest BCUT2D eigenvalue weighted by molar-refractivity contribution is 0.122. The molecule has 9 nitrogen and oxygen atoms in total. The van der Waals surface area contributed by atoms with Gasteiger partial charge in [0.05, 0.1) is 35.9 Å². The largest absolute Gasteiger partial charge is 0.378 e. The third-order valence-corrected chi connectivity index (χ3v) is 6.68. The van der Waals surface area contributed by atoms with E-state index in [1.165, 1.54) is 0 Å². The Hall–Kier alpha value is -3.46. The van der Waals surface area contributed by atoms with Crippen molar-refractivity contribution >= 4 is 16.9 Å². The highest BCUT2D eigenvalue weighted by molar-refractivity contribution is 5.84. The van der Waals surface area contributed by atoms with Gasteiger partial charge in [-0.25, -0.2) is 14.6 Å². The van der Waals surface area contributed by atoms with Crippen molar-refractivity contribution in [3.05, 3.63) is 58.9 Å². The van der Waals surface area contributed by atoms with Gasteiger partial charge in [0.15, 0.2) is 0 Å². The Kier molecular flexibility index (Phi) is 4.79. The fourth-order valence-electron chi connectivity index (χ4n) is 5.05.